The molecule has 0 aliphatic heterocycles. The molecule has 0 heterocycles. The summed E-state index contributed by atoms with van der Waals surface area (Å²) in [5.74, 6) is 1.04. The topological polar surface area (TPSA) is 18.5 Å². The van der Waals surface area contributed by atoms with Crippen molar-refractivity contribution in [3.63, 3.8) is 0 Å². The second kappa shape index (κ2) is 10.7. The van der Waals surface area contributed by atoms with Gasteiger partial charge in [0.2, 0.25) is 0 Å². The van der Waals surface area contributed by atoms with E-state index in [0.29, 0.717) is 0 Å². The molecule has 0 saturated carbocycles. The summed E-state index contributed by atoms with van der Waals surface area (Å²) in [4.78, 5) is 0. The molecule has 124 valence electrons. The molecule has 0 unspecified atom stereocenters. The van der Waals surface area contributed by atoms with Gasteiger partial charge in [0.05, 0.1) is 0 Å². The number of benzene rings is 2. The van der Waals surface area contributed by atoms with Crippen molar-refractivity contribution < 1.29 is 8.85 Å². The summed E-state index contributed by atoms with van der Waals surface area (Å²) in [5, 5.41) is 2.82. The fraction of sp³-hybridized carbons (Fsp3) is 0.368. The molecule has 0 N–H and O–H groups in total. The maximum Gasteiger partial charge on any atom is 0.326 e. The van der Waals surface area contributed by atoms with Crippen LogP contribution in [-0.2, 0) is 8.85 Å². The van der Waals surface area contributed by atoms with Crippen molar-refractivity contribution in [3.05, 3.63) is 60.7 Å². The highest BCUT2D eigenvalue weighted by molar-refractivity contribution is 7.74. The molecule has 0 saturated heterocycles. The zero-order valence-electron chi connectivity index (χ0n) is 14.2. The van der Waals surface area contributed by atoms with Gasteiger partial charge in [-0.2, -0.15) is 0 Å². The monoisotopic (exact) mass is 346 g/mol. The first-order chi connectivity index (χ1) is 11.3. The van der Waals surface area contributed by atoms with Gasteiger partial charge in [0.25, 0.3) is 0 Å². The molecule has 0 aliphatic rings. The van der Waals surface area contributed by atoms with Gasteiger partial charge in [0.15, 0.2) is 0 Å². The first kappa shape index (κ1) is 18.3. The van der Waals surface area contributed by atoms with E-state index in [9.17, 15) is 0 Å². The van der Waals surface area contributed by atoms with Crippen LogP contribution in [0, 0.1) is 0 Å². The van der Waals surface area contributed by atoms with Crippen LogP contribution in [0.2, 0.25) is 0 Å². The third-order valence-corrected chi connectivity index (χ3v) is 9.19. The second-order valence-electron chi connectivity index (χ2n) is 5.45. The molecule has 0 aliphatic carbocycles. The molecule has 0 aromatic heterocycles. The number of hydrogen-bond acceptors (Lipinski definition) is 2. The van der Waals surface area contributed by atoms with E-state index in [-0.39, 0.29) is 0 Å². The van der Waals surface area contributed by atoms with Crippen molar-refractivity contribution in [1.29, 1.82) is 0 Å². The van der Waals surface area contributed by atoms with Crippen LogP contribution in [0.25, 0.3) is 0 Å². The molecule has 0 fully saturated rings. The van der Waals surface area contributed by atoms with E-state index in [2.05, 4.69) is 74.5 Å². The zero-order chi connectivity index (χ0) is 16.3. The van der Waals surface area contributed by atoms with E-state index >= 15 is 0 Å². The summed E-state index contributed by atoms with van der Waals surface area (Å²) >= 11 is 0. The normalized spacial score (nSPS) is 11.3. The molecule has 23 heavy (non-hydrogen) atoms. The predicted octanol–water partition coefficient (Wildman–Crippen LogP) is 3.73. The molecular formula is C19H27O2PSi. The van der Waals surface area contributed by atoms with E-state index in [1.807, 2.05) is 0 Å². The Hall–Kier alpha value is -0.993. The summed E-state index contributed by atoms with van der Waals surface area (Å²) in [5.41, 5.74) is 0. The van der Waals surface area contributed by atoms with Crippen LogP contribution < -0.4 is 10.6 Å². The van der Waals surface area contributed by atoms with Crippen molar-refractivity contribution >= 4 is 27.8 Å². The maximum absolute atomic E-state index is 6.10. The van der Waals surface area contributed by atoms with Crippen molar-refractivity contribution in [1.82, 2.24) is 0 Å². The van der Waals surface area contributed by atoms with Crippen molar-refractivity contribution in [2.75, 3.05) is 19.0 Å². The SMILES string of the molecule is CCCO[SiH](CP(c1ccccc1)c1ccccc1)OCCC. The molecule has 0 spiro atoms. The second-order valence-corrected chi connectivity index (χ2v) is 10.3. The highest BCUT2D eigenvalue weighted by Gasteiger charge is 2.22. The van der Waals surface area contributed by atoms with Crippen LogP contribution in [0.5, 0.6) is 0 Å². The van der Waals surface area contributed by atoms with Crippen molar-refractivity contribution in [3.8, 4) is 0 Å². The van der Waals surface area contributed by atoms with Crippen molar-refractivity contribution in [2.45, 2.75) is 26.7 Å². The summed E-state index contributed by atoms with van der Waals surface area (Å²) in [6.07, 6.45) is 2.10. The third kappa shape index (κ3) is 6.19. The van der Waals surface area contributed by atoms with E-state index in [4.69, 9.17) is 8.85 Å². The fourth-order valence-corrected chi connectivity index (χ4v) is 8.55. The maximum atomic E-state index is 6.10. The Balaban J connectivity index is 2.18. The van der Waals surface area contributed by atoms with Crippen molar-refractivity contribution in [2.24, 2.45) is 0 Å². The molecule has 0 atom stereocenters. The Bertz CT molecular complexity index is 488. The standard InChI is InChI=1S/C19H27O2PSi/c1-3-15-20-23(21-16-4-2)17-22(18-11-7-5-8-12-18)19-13-9-6-10-14-19/h5-14,23H,3-4,15-17H2,1-2H3. The molecule has 2 aromatic carbocycles. The highest BCUT2D eigenvalue weighted by Crippen LogP contribution is 2.34. The summed E-state index contributed by atoms with van der Waals surface area (Å²) in [6.45, 7) is 5.94. The van der Waals surface area contributed by atoms with Crippen LogP contribution in [0.4, 0.5) is 0 Å². The minimum Gasteiger partial charge on any atom is -0.396 e. The first-order valence-electron chi connectivity index (χ1n) is 8.46. The number of rotatable bonds is 10. The Morgan fingerprint density at radius 1 is 0.739 bits per heavy atom. The van der Waals surface area contributed by atoms with Crippen LogP contribution in [0.15, 0.2) is 60.7 Å². The number of hydrogen-bond donors (Lipinski definition) is 0. The minimum atomic E-state index is -1.64. The van der Waals surface area contributed by atoms with Gasteiger partial charge in [0.1, 0.15) is 0 Å². The molecule has 2 rings (SSSR count). The van der Waals surface area contributed by atoms with Gasteiger partial charge in [0, 0.05) is 19.0 Å². The predicted molar refractivity (Wildman–Crippen MR) is 104 cm³/mol. The van der Waals surface area contributed by atoms with E-state index in [1.54, 1.807) is 0 Å². The van der Waals surface area contributed by atoms with E-state index in [0.717, 1.165) is 31.8 Å². The van der Waals surface area contributed by atoms with E-state index < -0.39 is 17.2 Å². The van der Waals surface area contributed by atoms with Gasteiger partial charge in [-0.25, -0.2) is 0 Å². The average molecular weight is 346 g/mol. The van der Waals surface area contributed by atoms with E-state index in [1.165, 1.54) is 10.6 Å². The molecular weight excluding hydrogens is 319 g/mol. The molecule has 0 amide bonds. The Kier molecular flexibility index (Phi) is 8.55. The van der Waals surface area contributed by atoms with Gasteiger partial charge in [-0.05, 0) is 31.4 Å². The Morgan fingerprint density at radius 3 is 1.57 bits per heavy atom. The Labute approximate surface area is 143 Å². The summed E-state index contributed by atoms with van der Waals surface area (Å²) in [6, 6.07) is 21.6. The molecule has 0 bridgehead atoms. The lowest BCUT2D eigenvalue weighted by atomic mass is 10.4. The molecule has 4 heteroatoms. The first-order valence-corrected chi connectivity index (χ1v) is 11.7. The average Bonchev–Trinajstić information content (AvgIpc) is 2.62. The van der Waals surface area contributed by atoms with Gasteiger partial charge < -0.3 is 8.85 Å². The summed E-state index contributed by atoms with van der Waals surface area (Å²) in [7, 11) is -2.05. The highest BCUT2D eigenvalue weighted by atomic mass is 31.1. The van der Waals surface area contributed by atoms with Crippen LogP contribution in [0.1, 0.15) is 26.7 Å². The largest absolute Gasteiger partial charge is 0.396 e. The molecule has 2 aromatic rings. The zero-order valence-corrected chi connectivity index (χ0v) is 16.2. The van der Waals surface area contributed by atoms with Gasteiger partial charge in [-0.3, -0.25) is 0 Å². The third-order valence-electron chi connectivity index (χ3n) is 3.48. The molecule has 0 radical (unpaired) electrons. The Morgan fingerprint density at radius 2 is 1.17 bits per heavy atom. The lowest BCUT2D eigenvalue weighted by Crippen LogP contribution is -2.31. The fourth-order valence-electron chi connectivity index (χ4n) is 2.38. The van der Waals surface area contributed by atoms with Crippen LogP contribution in [-0.4, -0.2) is 28.3 Å². The smallest absolute Gasteiger partial charge is 0.326 e. The molecule has 2 nitrogen and oxygen atoms in total. The lowest BCUT2D eigenvalue weighted by molar-refractivity contribution is 0.201. The van der Waals surface area contributed by atoms with Gasteiger partial charge in [-0.15, -0.1) is 0 Å². The minimum absolute atomic E-state index is 0.412. The van der Waals surface area contributed by atoms with Gasteiger partial charge >= 0.3 is 9.28 Å². The summed E-state index contributed by atoms with van der Waals surface area (Å²) < 4.78 is 12.2. The quantitative estimate of drug-likeness (QED) is 0.482. The van der Waals surface area contributed by atoms with Gasteiger partial charge in [-0.1, -0.05) is 74.5 Å². The van der Waals surface area contributed by atoms with Crippen LogP contribution >= 0.6 is 7.92 Å². The van der Waals surface area contributed by atoms with Crippen LogP contribution in [0.3, 0.4) is 0 Å². The lowest BCUT2D eigenvalue weighted by Gasteiger charge is -2.24.